The van der Waals surface area contributed by atoms with Gasteiger partial charge in [0, 0.05) is 6.04 Å². The van der Waals surface area contributed by atoms with E-state index in [4.69, 9.17) is 7.85 Å². The highest BCUT2D eigenvalue weighted by Crippen LogP contribution is 2.27. The van der Waals surface area contributed by atoms with Crippen molar-refractivity contribution in [1.82, 2.24) is 4.98 Å². The molecule has 1 N–H and O–H groups in total. The quantitative estimate of drug-likeness (QED) is 0.820. The number of nitrogens with zero attached hydrogens (tertiary/aromatic N) is 1. The minimum Gasteiger partial charge on any atom is -0.359 e. The van der Waals surface area contributed by atoms with Gasteiger partial charge in [-0.05, 0) is 31.9 Å². The number of hydrogen-bond acceptors (Lipinski definition) is 3. The summed E-state index contributed by atoms with van der Waals surface area (Å²) in [6, 6.07) is 4.41. The van der Waals surface area contributed by atoms with Crippen LogP contribution in [0.25, 0.3) is 10.2 Å². The van der Waals surface area contributed by atoms with E-state index >= 15 is 0 Å². The van der Waals surface area contributed by atoms with Crippen molar-refractivity contribution < 1.29 is 0 Å². The van der Waals surface area contributed by atoms with Gasteiger partial charge in [0.05, 0.1) is 10.2 Å². The smallest absolute Gasteiger partial charge is 0.184 e. The maximum atomic E-state index is 5.82. The predicted octanol–water partition coefficient (Wildman–Crippen LogP) is 2.61. The van der Waals surface area contributed by atoms with Crippen molar-refractivity contribution in [2.45, 2.75) is 33.2 Å². The molecule has 0 unspecified atom stereocenters. The van der Waals surface area contributed by atoms with Crippen LogP contribution in [-0.4, -0.2) is 18.9 Å². The molecular weight excluding hydrogens is 215 g/mol. The van der Waals surface area contributed by atoms with Crippen molar-refractivity contribution in [3.05, 3.63) is 17.7 Å². The van der Waals surface area contributed by atoms with E-state index in [-0.39, 0.29) is 0 Å². The first-order valence-electron chi connectivity index (χ1n) is 5.53. The number of anilines is 1. The summed E-state index contributed by atoms with van der Waals surface area (Å²) < 4.78 is 1.16. The Kier molecular flexibility index (Phi) is 3.19. The zero-order chi connectivity index (χ0) is 11.7. The van der Waals surface area contributed by atoms with Gasteiger partial charge in [0.2, 0.25) is 0 Å². The Labute approximate surface area is 101 Å². The maximum absolute atomic E-state index is 5.82. The van der Waals surface area contributed by atoms with Crippen molar-refractivity contribution >= 4 is 40.0 Å². The first-order chi connectivity index (χ1) is 7.60. The first kappa shape index (κ1) is 11.5. The molecule has 2 rings (SSSR count). The monoisotopic (exact) mass is 230 g/mol. The second kappa shape index (κ2) is 4.46. The molecule has 1 aromatic carbocycles. The molecule has 0 bridgehead atoms. The van der Waals surface area contributed by atoms with Crippen LogP contribution in [0.4, 0.5) is 5.13 Å². The van der Waals surface area contributed by atoms with E-state index in [0.717, 1.165) is 32.8 Å². The van der Waals surface area contributed by atoms with E-state index in [1.807, 2.05) is 19.1 Å². The zero-order valence-corrected chi connectivity index (χ0v) is 10.7. The predicted molar refractivity (Wildman–Crippen MR) is 73.1 cm³/mol. The number of rotatable bonds is 3. The Hall–Kier alpha value is -1.03. The molecule has 2 aromatic rings. The second-order valence-corrected chi connectivity index (χ2v) is 5.19. The van der Waals surface area contributed by atoms with Gasteiger partial charge in [-0.2, -0.15) is 0 Å². The van der Waals surface area contributed by atoms with Gasteiger partial charge in [-0.15, -0.1) is 0 Å². The van der Waals surface area contributed by atoms with Gasteiger partial charge in [0.15, 0.2) is 5.13 Å². The molecule has 0 fully saturated rings. The summed E-state index contributed by atoms with van der Waals surface area (Å²) in [7, 11) is 5.82. The van der Waals surface area contributed by atoms with E-state index in [1.165, 1.54) is 0 Å². The molecule has 0 amide bonds. The van der Waals surface area contributed by atoms with Crippen LogP contribution >= 0.6 is 11.3 Å². The maximum Gasteiger partial charge on any atom is 0.184 e. The lowest BCUT2D eigenvalue weighted by atomic mass is 9.94. The molecule has 16 heavy (non-hydrogen) atoms. The summed E-state index contributed by atoms with van der Waals surface area (Å²) in [5.74, 6) is 0. The summed E-state index contributed by atoms with van der Waals surface area (Å²) in [4.78, 5) is 4.59. The van der Waals surface area contributed by atoms with E-state index in [9.17, 15) is 0 Å². The molecule has 0 spiro atoms. The first-order valence-corrected chi connectivity index (χ1v) is 6.35. The fourth-order valence-corrected chi connectivity index (χ4v) is 2.70. The van der Waals surface area contributed by atoms with Crippen LogP contribution in [0.3, 0.4) is 0 Å². The van der Waals surface area contributed by atoms with Crippen LogP contribution in [0.1, 0.15) is 25.8 Å². The standard InChI is InChI=1S/C12H15BN2S/c1-4-8(3)14-12-15-11-7(2)5-9(13)6-10(11)16-12/h5-6,8H,4H2,1-3H3,(H,14,15)/t8-/m0/s1. The highest BCUT2D eigenvalue weighted by molar-refractivity contribution is 7.22. The van der Waals surface area contributed by atoms with Crippen LogP contribution in [0.2, 0.25) is 0 Å². The average Bonchev–Trinajstić information content (AvgIpc) is 2.60. The Morgan fingerprint density at radius 2 is 2.25 bits per heavy atom. The fourth-order valence-electron chi connectivity index (χ4n) is 1.60. The molecule has 1 heterocycles. The molecule has 82 valence electrons. The van der Waals surface area contributed by atoms with Gasteiger partial charge in [-0.25, -0.2) is 4.98 Å². The summed E-state index contributed by atoms with van der Waals surface area (Å²) in [6.07, 6.45) is 1.09. The number of fused-ring (bicyclic) bond motifs is 1. The Bertz CT molecular complexity index is 507. The van der Waals surface area contributed by atoms with E-state index in [1.54, 1.807) is 11.3 Å². The summed E-state index contributed by atoms with van der Waals surface area (Å²) in [6.45, 7) is 6.37. The van der Waals surface area contributed by atoms with E-state index in [0.29, 0.717) is 6.04 Å². The molecule has 1 atom stereocenters. The third kappa shape index (κ3) is 2.22. The number of hydrogen-bond donors (Lipinski definition) is 1. The Morgan fingerprint density at radius 3 is 2.94 bits per heavy atom. The molecule has 0 aliphatic heterocycles. The van der Waals surface area contributed by atoms with Gasteiger partial charge in [0.1, 0.15) is 7.85 Å². The summed E-state index contributed by atoms with van der Waals surface area (Å²) in [5.41, 5.74) is 3.01. The summed E-state index contributed by atoms with van der Waals surface area (Å²) in [5, 5.41) is 4.38. The normalized spacial score (nSPS) is 12.9. The molecule has 0 aliphatic carbocycles. The molecule has 0 aliphatic rings. The van der Waals surface area contributed by atoms with Gasteiger partial charge in [0.25, 0.3) is 0 Å². The van der Waals surface area contributed by atoms with Crippen LogP contribution in [0, 0.1) is 6.92 Å². The van der Waals surface area contributed by atoms with Crippen molar-refractivity contribution in [2.75, 3.05) is 5.32 Å². The van der Waals surface area contributed by atoms with Crippen LogP contribution in [0.5, 0.6) is 0 Å². The lowest BCUT2D eigenvalue weighted by molar-refractivity contribution is 0.763. The number of aromatic nitrogens is 1. The lowest BCUT2D eigenvalue weighted by Crippen LogP contribution is -2.12. The van der Waals surface area contributed by atoms with Crippen molar-refractivity contribution in [3.63, 3.8) is 0 Å². The minimum absolute atomic E-state index is 0.457. The molecule has 1 aromatic heterocycles. The molecule has 4 heteroatoms. The topological polar surface area (TPSA) is 24.9 Å². The van der Waals surface area contributed by atoms with Crippen molar-refractivity contribution in [2.24, 2.45) is 0 Å². The largest absolute Gasteiger partial charge is 0.359 e. The molecule has 2 radical (unpaired) electrons. The van der Waals surface area contributed by atoms with Crippen molar-refractivity contribution in [3.8, 4) is 0 Å². The number of nitrogens with one attached hydrogen (secondary N) is 1. The Balaban J connectivity index is 2.40. The Morgan fingerprint density at radius 1 is 1.50 bits per heavy atom. The second-order valence-electron chi connectivity index (χ2n) is 4.16. The highest BCUT2D eigenvalue weighted by atomic mass is 32.1. The van der Waals surface area contributed by atoms with Crippen LogP contribution in [-0.2, 0) is 0 Å². The molecule has 2 nitrogen and oxygen atoms in total. The van der Waals surface area contributed by atoms with Gasteiger partial charge in [-0.1, -0.05) is 29.8 Å². The number of thiazole rings is 1. The average molecular weight is 230 g/mol. The van der Waals surface area contributed by atoms with Crippen molar-refractivity contribution in [1.29, 1.82) is 0 Å². The SMILES string of the molecule is [B]c1cc(C)c2nc(N[C@@H](C)CC)sc2c1. The minimum atomic E-state index is 0.457. The lowest BCUT2D eigenvalue weighted by Gasteiger charge is -2.08. The van der Waals surface area contributed by atoms with E-state index in [2.05, 4.69) is 24.1 Å². The fraction of sp³-hybridized carbons (Fsp3) is 0.417. The van der Waals surface area contributed by atoms with Gasteiger partial charge in [-0.3, -0.25) is 0 Å². The molecule has 0 saturated carbocycles. The van der Waals surface area contributed by atoms with Gasteiger partial charge >= 0.3 is 0 Å². The molecule has 0 saturated heterocycles. The third-order valence-electron chi connectivity index (χ3n) is 2.69. The number of aryl methyl sites for hydroxylation is 1. The summed E-state index contributed by atoms with van der Waals surface area (Å²) >= 11 is 1.67. The zero-order valence-electron chi connectivity index (χ0n) is 9.87. The van der Waals surface area contributed by atoms with Gasteiger partial charge < -0.3 is 5.32 Å². The van der Waals surface area contributed by atoms with Crippen LogP contribution in [0.15, 0.2) is 12.1 Å². The third-order valence-corrected chi connectivity index (χ3v) is 3.62. The van der Waals surface area contributed by atoms with E-state index < -0.39 is 0 Å². The van der Waals surface area contributed by atoms with Crippen LogP contribution < -0.4 is 10.8 Å². The molecular formula is C12H15BN2S. The number of benzene rings is 1. The highest BCUT2D eigenvalue weighted by Gasteiger charge is 2.08.